The highest BCUT2D eigenvalue weighted by atomic mass is 35.5. The Hall–Kier alpha value is -1.59. The molecule has 1 amide bonds. The van der Waals surface area contributed by atoms with Gasteiger partial charge in [-0.3, -0.25) is 4.79 Å². The zero-order chi connectivity index (χ0) is 13.8. The van der Waals surface area contributed by atoms with Crippen molar-refractivity contribution in [2.75, 3.05) is 12.4 Å². The summed E-state index contributed by atoms with van der Waals surface area (Å²) >= 11 is 7.48. The van der Waals surface area contributed by atoms with E-state index in [4.69, 9.17) is 16.3 Å². The second-order valence-corrected chi connectivity index (χ2v) is 5.28. The van der Waals surface area contributed by atoms with Gasteiger partial charge in [0.25, 0.3) is 0 Å². The Morgan fingerprint density at radius 3 is 2.89 bits per heavy atom. The van der Waals surface area contributed by atoms with E-state index in [-0.39, 0.29) is 5.91 Å². The quantitative estimate of drug-likeness (QED) is 0.942. The van der Waals surface area contributed by atoms with Crippen molar-refractivity contribution < 1.29 is 9.53 Å². The minimum atomic E-state index is -0.0893. The number of anilines is 1. The van der Waals surface area contributed by atoms with Crippen molar-refractivity contribution in [3.05, 3.63) is 39.3 Å². The summed E-state index contributed by atoms with van der Waals surface area (Å²) in [6.45, 7) is 1.89. The monoisotopic (exact) mass is 296 g/mol. The van der Waals surface area contributed by atoms with Gasteiger partial charge < -0.3 is 10.1 Å². The largest absolute Gasteiger partial charge is 0.495 e. The number of amides is 1. The van der Waals surface area contributed by atoms with Crippen molar-refractivity contribution in [3.8, 4) is 5.75 Å². The van der Waals surface area contributed by atoms with Gasteiger partial charge in [0, 0.05) is 10.6 Å². The van der Waals surface area contributed by atoms with E-state index in [0.29, 0.717) is 22.9 Å². The molecule has 0 aliphatic carbocycles. The third kappa shape index (κ3) is 3.45. The van der Waals surface area contributed by atoms with Crippen molar-refractivity contribution in [3.63, 3.8) is 0 Å². The summed E-state index contributed by atoms with van der Waals surface area (Å²) in [6, 6.07) is 5.13. The van der Waals surface area contributed by atoms with Gasteiger partial charge in [0.05, 0.1) is 29.8 Å². The Morgan fingerprint density at radius 1 is 1.53 bits per heavy atom. The zero-order valence-corrected chi connectivity index (χ0v) is 12.1. The normalized spacial score (nSPS) is 10.3. The smallest absolute Gasteiger partial charge is 0.229 e. The van der Waals surface area contributed by atoms with Crippen LogP contribution in [-0.4, -0.2) is 18.0 Å². The van der Waals surface area contributed by atoms with E-state index in [1.54, 1.807) is 30.8 Å². The van der Waals surface area contributed by atoms with Crippen LogP contribution in [0.1, 0.15) is 10.6 Å². The number of methoxy groups -OCH3 is 1. The molecular weight excluding hydrogens is 284 g/mol. The molecule has 0 spiro atoms. The number of aromatic nitrogens is 1. The molecule has 0 aliphatic heterocycles. The third-order valence-corrected chi connectivity index (χ3v) is 3.83. The van der Waals surface area contributed by atoms with E-state index in [1.165, 1.54) is 11.3 Å². The number of carbonyl (C=O) groups is 1. The average molecular weight is 297 g/mol. The summed E-state index contributed by atoms with van der Waals surface area (Å²) in [5.74, 6) is 0.492. The summed E-state index contributed by atoms with van der Waals surface area (Å²) in [7, 11) is 1.55. The highest BCUT2D eigenvalue weighted by molar-refractivity contribution is 7.09. The van der Waals surface area contributed by atoms with Crippen LogP contribution >= 0.6 is 22.9 Å². The molecule has 2 aromatic rings. The first kappa shape index (κ1) is 13.8. The van der Waals surface area contributed by atoms with Gasteiger partial charge in [0.1, 0.15) is 5.75 Å². The molecule has 0 bridgehead atoms. The molecule has 0 radical (unpaired) electrons. The second-order valence-electron chi connectivity index (χ2n) is 3.94. The SMILES string of the molecule is COc1ccc(NC(=O)Cc2scnc2C)cc1Cl. The molecule has 0 unspecified atom stereocenters. The fraction of sp³-hybridized carbons (Fsp3) is 0.231. The summed E-state index contributed by atoms with van der Waals surface area (Å²) in [5, 5.41) is 3.27. The molecule has 0 fully saturated rings. The highest BCUT2D eigenvalue weighted by Crippen LogP contribution is 2.27. The van der Waals surface area contributed by atoms with E-state index < -0.39 is 0 Å². The topological polar surface area (TPSA) is 51.2 Å². The molecule has 6 heteroatoms. The third-order valence-electron chi connectivity index (χ3n) is 2.60. The molecule has 1 aromatic heterocycles. The Bertz CT molecular complexity index is 598. The molecule has 2 rings (SSSR count). The predicted octanol–water partition coefficient (Wildman–Crippen LogP) is 3.29. The molecular formula is C13H13ClN2O2S. The minimum absolute atomic E-state index is 0.0893. The highest BCUT2D eigenvalue weighted by Gasteiger charge is 2.09. The summed E-state index contributed by atoms with van der Waals surface area (Å²) in [6.07, 6.45) is 0.320. The molecule has 0 saturated heterocycles. The Morgan fingerprint density at radius 2 is 2.32 bits per heavy atom. The van der Waals surface area contributed by atoms with Crippen LogP contribution in [0.15, 0.2) is 23.7 Å². The number of rotatable bonds is 4. The summed E-state index contributed by atoms with van der Waals surface area (Å²) in [4.78, 5) is 17.0. The van der Waals surface area contributed by atoms with Crippen molar-refractivity contribution >= 4 is 34.5 Å². The van der Waals surface area contributed by atoms with Gasteiger partial charge in [-0.2, -0.15) is 0 Å². The van der Waals surface area contributed by atoms with Crippen LogP contribution in [-0.2, 0) is 11.2 Å². The fourth-order valence-corrected chi connectivity index (χ4v) is 2.62. The Labute approximate surface area is 120 Å². The maximum atomic E-state index is 11.9. The van der Waals surface area contributed by atoms with Crippen molar-refractivity contribution in [1.82, 2.24) is 4.98 Å². The van der Waals surface area contributed by atoms with Crippen molar-refractivity contribution in [1.29, 1.82) is 0 Å². The fourth-order valence-electron chi connectivity index (χ4n) is 1.59. The molecule has 0 atom stereocenters. The van der Waals surface area contributed by atoms with Gasteiger partial charge in [-0.25, -0.2) is 4.98 Å². The van der Waals surface area contributed by atoms with Crippen LogP contribution in [0.25, 0.3) is 0 Å². The molecule has 1 heterocycles. The maximum absolute atomic E-state index is 11.9. The summed E-state index contributed by atoms with van der Waals surface area (Å²) < 4.78 is 5.05. The zero-order valence-electron chi connectivity index (χ0n) is 10.6. The van der Waals surface area contributed by atoms with Crippen molar-refractivity contribution in [2.24, 2.45) is 0 Å². The number of hydrogen-bond donors (Lipinski definition) is 1. The number of hydrogen-bond acceptors (Lipinski definition) is 4. The first-order valence-electron chi connectivity index (χ1n) is 5.62. The number of nitrogens with one attached hydrogen (secondary N) is 1. The van der Waals surface area contributed by atoms with Crippen LogP contribution in [0.2, 0.25) is 5.02 Å². The number of carbonyl (C=O) groups excluding carboxylic acids is 1. The predicted molar refractivity (Wildman–Crippen MR) is 77.2 cm³/mol. The standard InChI is InChI=1S/C13H13ClN2O2S/c1-8-12(19-7-15-8)6-13(17)16-9-3-4-11(18-2)10(14)5-9/h3-5,7H,6H2,1-2H3,(H,16,17). The van der Waals surface area contributed by atoms with Gasteiger partial charge >= 0.3 is 0 Å². The molecule has 4 nitrogen and oxygen atoms in total. The Balaban J connectivity index is 2.03. The number of halogens is 1. The summed E-state index contributed by atoms with van der Waals surface area (Å²) in [5.41, 5.74) is 3.29. The van der Waals surface area contributed by atoms with E-state index >= 15 is 0 Å². The van der Waals surface area contributed by atoms with Crippen LogP contribution in [0, 0.1) is 6.92 Å². The molecule has 0 saturated carbocycles. The molecule has 100 valence electrons. The minimum Gasteiger partial charge on any atom is -0.495 e. The lowest BCUT2D eigenvalue weighted by atomic mass is 10.2. The first-order chi connectivity index (χ1) is 9.10. The van der Waals surface area contributed by atoms with Gasteiger partial charge in [-0.15, -0.1) is 11.3 Å². The van der Waals surface area contributed by atoms with Gasteiger partial charge in [-0.05, 0) is 25.1 Å². The van der Waals surface area contributed by atoms with Crippen molar-refractivity contribution in [2.45, 2.75) is 13.3 Å². The van der Waals surface area contributed by atoms with E-state index in [0.717, 1.165) is 10.6 Å². The first-order valence-corrected chi connectivity index (χ1v) is 6.88. The molecule has 0 aliphatic rings. The van der Waals surface area contributed by atoms with Crippen LogP contribution in [0.5, 0.6) is 5.75 Å². The second kappa shape index (κ2) is 6.04. The van der Waals surface area contributed by atoms with E-state index in [9.17, 15) is 4.79 Å². The van der Waals surface area contributed by atoms with Gasteiger partial charge in [0.2, 0.25) is 5.91 Å². The number of ether oxygens (including phenoxy) is 1. The molecule has 19 heavy (non-hydrogen) atoms. The number of thiazole rings is 1. The number of benzene rings is 1. The van der Waals surface area contributed by atoms with Gasteiger partial charge in [-0.1, -0.05) is 11.6 Å². The lowest BCUT2D eigenvalue weighted by Gasteiger charge is -2.07. The van der Waals surface area contributed by atoms with E-state index in [1.807, 2.05) is 6.92 Å². The Kier molecular flexibility index (Phi) is 4.39. The van der Waals surface area contributed by atoms with Crippen LogP contribution < -0.4 is 10.1 Å². The molecule has 1 aromatic carbocycles. The van der Waals surface area contributed by atoms with Crippen LogP contribution in [0.4, 0.5) is 5.69 Å². The lowest BCUT2D eigenvalue weighted by Crippen LogP contribution is -2.14. The van der Waals surface area contributed by atoms with Gasteiger partial charge in [0.15, 0.2) is 0 Å². The number of nitrogens with zero attached hydrogens (tertiary/aromatic N) is 1. The van der Waals surface area contributed by atoms with Crippen LogP contribution in [0.3, 0.4) is 0 Å². The average Bonchev–Trinajstić information content (AvgIpc) is 2.75. The molecule has 1 N–H and O–H groups in total. The maximum Gasteiger partial charge on any atom is 0.229 e. The van der Waals surface area contributed by atoms with E-state index in [2.05, 4.69) is 10.3 Å². The lowest BCUT2D eigenvalue weighted by molar-refractivity contribution is -0.115. The number of aryl methyl sites for hydroxylation is 1.